The Labute approximate surface area is 162 Å². The first kappa shape index (κ1) is 19.2. The molecule has 1 fully saturated rings. The minimum atomic E-state index is 0.473. The van der Waals surface area contributed by atoms with Gasteiger partial charge in [-0.25, -0.2) is 0 Å². The molecule has 27 heavy (non-hydrogen) atoms. The van der Waals surface area contributed by atoms with Crippen molar-refractivity contribution in [2.75, 3.05) is 24.1 Å². The second-order valence-electron chi connectivity index (χ2n) is 7.08. The van der Waals surface area contributed by atoms with Crippen LogP contribution >= 0.6 is 0 Å². The maximum absolute atomic E-state index is 6.05. The van der Waals surface area contributed by atoms with E-state index >= 15 is 0 Å². The van der Waals surface area contributed by atoms with Crippen molar-refractivity contribution in [3.05, 3.63) is 53.7 Å². The van der Waals surface area contributed by atoms with Crippen LogP contribution in [0.2, 0.25) is 0 Å². The highest BCUT2D eigenvalue weighted by atomic mass is 15.2. The van der Waals surface area contributed by atoms with Crippen LogP contribution < -0.4 is 11.1 Å². The number of fused-ring (bicyclic) bond motifs is 1. The van der Waals surface area contributed by atoms with E-state index in [4.69, 9.17) is 5.73 Å². The number of hydrogen-bond donors (Lipinski definition) is 3. The van der Waals surface area contributed by atoms with Crippen molar-refractivity contribution in [2.45, 2.75) is 46.2 Å². The molecular formula is C22H31N5. The van der Waals surface area contributed by atoms with Crippen LogP contribution in [0.4, 0.5) is 11.4 Å². The molecule has 0 aliphatic carbocycles. The molecule has 0 radical (unpaired) electrons. The number of piperidine rings is 1. The number of nitrogens with one attached hydrogen (secondary N) is 2. The third-order valence-corrected chi connectivity index (χ3v) is 5.07. The van der Waals surface area contributed by atoms with E-state index in [9.17, 15) is 0 Å². The number of H-pyrrole nitrogens is 1. The summed E-state index contributed by atoms with van der Waals surface area (Å²) in [5.41, 5.74) is 11.6. The highest BCUT2D eigenvalue weighted by Crippen LogP contribution is 2.22. The average molecular weight is 366 g/mol. The van der Waals surface area contributed by atoms with E-state index in [1.165, 1.54) is 24.1 Å². The molecule has 0 unspecified atom stereocenters. The van der Waals surface area contributed by atoms with Gasteiger partial charge in [-0.15, -0.1) is 0 Å². The Balaban J connectivity index is 0.00000102. The highest BCUT2D eigenvalue weighted by molar-refractivity contribution is 5.81. The summed E-state index contributed by atoms with van der Waals surface area (Å²) in [5, 5.41) is 11.9. The minimum Gasteiger partial charge on any atom is -0.399 e. The number of nitrogen functional groups attached to an aromatic ring is 1. The van der Waals surface area contributed by atoms with Gasteiger partial charge in [0.05, 0.1) is 11.7 Å². The second-order valence-corrected chi connectivity index (χ2v) is 7.08. The summed E-state index contributed by atoms with van der Waals surface area (Å²) in [6.45, 7) is 9.21. The summed E-state index contributed by atoms with van der Waals surface area (Å²) < 4.78 is 0. The third kappa shape index (κ3) is 4.80. The molecule has 4 N–H and O–H groups in total. The fourth-order valence-corrected chi connectivity index (χ4v) is 3.63. The molecular weight excluding hydrogens is 334 g/mol. The van der Waals surface area contributed by atoms with Crippen LogP contribution in [-0.2, 0) is 6.54 Å². The van der Waals surface area contributed by atoms with E-state index in [0.29, 0.717) is 6.04 Å². The van der Waals surface area contributed by atoms with Gasteiger partial charge in [0, 0.05) is 35.9 Å². The van der Waals surface area contributed by atoms with E-state index in [1.807, 2.05) is 20.0 Å². The van der Waals surface area contributed by atoms with Gasteiger partial charge in [0.1, 0.15) is 0 Å². The molecule has 0 bridgehead atoms. The van der Waals surface area contributed by atoms with E-state index < -0.39 is 0 Å². The summed E-state index contributed by atoms with van der Waals surface area (Å²) in [7, 11) is 0. The Hall–Kier alpha value is -2.53. The number of aromatic amines is 1. The molecule has 0 spiro atoms. The Bertz CT molecular complexity index is 870. The molecule has 1 aliphatic rings. The van der Waals surface area contributed by atoms with Crippen LogP contribution in [-0.4, -0.2) is 34.2 Å². The van der Waals surface area contributed by atoms with Gasteiger partial charge in [-0.1, -0.05) is 26.0 Å². The van der Waals surface area contributed by atoms with Crippen LogP contribution in [0, 0.1) is 6.92 Å². The quantitative estimate of drug-likeness (QED) is 0.593. The number of anilines is 2. The summed E-state index contributed by atoms with van der Waals surface area (Å²) in [6.07, 6.45) is 4.29. The van der Waals surface area contributed by atoms with E-state index in [2.05, 4.69) is 63.7 Å². The lowest BCUT2D eigenvalue weighted by Crippen LogP contribution is -2.41. The number of aryl methyl sites for hydroxylation is 1. The lowest BCUT2D eigenvalue weighted by Gasteiger charge is -2.33. The molecule has 3 aromatic rings. The molecule has 1 atom stereocenters. The van der Waals surface area contributed by atoms with Gasteiger partial charge >= 0.3 is 0 Å². The number of nitrogens with zero attached hydrogens (tertiary/aromatic N) is 2. The molecule has 1 aliphatic heterocycles. The van der Waals surface area contributed by atoms with Crippen molar-refractivity contribution in [3.8, 4) is 0 Å². The number of rotatable bonds is 4. The van der Waals surface area contributed by atoms with Gasteiger partial charge in [0.2, 0.25) is 0 Å². The zero-order valence-electron chi connectivity index (χ0n) is 16.6. The Morgan fingerprint density at radius 2 is 2.07 bits per heavy atom. The van der Waals surface area contributed by atoms with Crippen molar-refractivity contribution in [1.82, 2.24) is 15.1 Å². The van der Waals surface area contributed by atoms with Crippen molar-refractivity contribution >= 4 is 22.3 Å². The van der Waals surface area contributed by atoms with Crippen LogP contribution in [0.15, 0.2) is 42.6 Å². The molecule has 144 valence electrons. The summed E-state index contributed by atoms with van der Waals surface area (Å²) in [5.74, 6) is 0. The van der Waals surface area contributed by atoms with Gasteiger partial charge in [-0.2, -0.15) is 5.10 Å². The van der Waals surface area contributed by atoms with Crippen LogP contribution in [0.5, 0.6) is 0 Å². The minimum absolute atomic E-state index is 0.473. The smallest absolute Gasteiger partial charge is 0.0651 e. The molecule has 5 heteroatoms. The van der Waals surface area contributed by atoms with Gasteiger partial charge in [0.15, 0.2) is 0 Å². The summed E-state index contributed by atoms with van der Waals surface area (Å²) >= 11 is 0. The number of benzene rings is 2. The topological polar surface area (TPSA) is 70.0 Å². The standard InChI is InChI=1S/C20H25N5.C2H6/c1-14-4-5-15(9-19(14)21)12-25-8-2-3-18(13-25)23-17-6-7-20-16(10-17)11-22-24-20;1-2/h4-7,9-11,18,23H,2-3,8,12-13,21H2,1H3,(H,22,24);1-2H3/t18-;/m0./s1. The zero-order valence-corrected chi connectivity index (χ0v) is 16.6. The van der Waals surface area contributed by atoms with Crippen molar-refractivity contribution < 1.29 is 0 Å². The molecule has 1 saturated heterocycles. The van der Waals surface area contributed by atoms with Crippen molar-refractivity contribution in [1.29, 1.82) is 0 Å². The lowest BCUT2D eigenvalue weighted by molar-refractivity contribution is 0.208. The van der Waals surface area contributed by atoms with Gasteiger partial charge < -0.3 is 11.1 Å². The van der Waals surface area contributed by atoms with Crippen LogP contribution in [0.1, 0.15) is 37.8 Å². The average Bonchev–Trinajstić information content (AvgIpc) is 3.15. The number of hydrogen-bond acceptors (Lipinski definition) is 4. The van der Waals surface area contributed by atoms with Gasteiger partial charge in [-0.05, 0) is 61.7 Å². The number of nitrogens with two attached hydrogens (primary N) is 1. The van der Waals surface area contributed by atoms with E-state index in [-0.39, 0.29) is 0 Å². The monoisotopic (exact) mass is 365 g/mol. The Morgan fingerprint density at radius 1 is 1.22 bits per heavy atom. The van der Waals surface area contributed by atoms with Gasteiger partial charge in [0.25, 0.3) is 0 Å². The maximum Gasteiger partial charge on any atom is 0.0651 e. The predicted molar refractivity (Wildman–Crippen MR) is 115 cm³/mol. The van der Waals surface area contributed by atoms with E-state index in [1.54, 1.807) is 0 Å². The Morgan fingerprint density at radius 3 is 2.89 bits per heavy atom. The van der Waals surface area contributed by atoms with Crippen LogP contribution in [0.25, 0.3) is 10.9 Å². The zero-order chi connectivity index (χ0) is 19.2. The maximum atomic E-state index is 6.05. The molecule has 2 aromatic carbocycles. The summed E-state index contributed by atoms with van der Waals surface area (Å²) in [4.78, 5) is 2.52. The predicted octanol–water partition coefficient (Wildman–Crippen LogP) is 4.56. The fourth-order valence-electron chi connectivity index (χ4n) is 3.63. The van der Waals surface area contributed by atoms with Crippen molar-refractivity contribution in [3.63, 3.8) is 0 Å². The molecule has 1 aromatic heterocycles. The Kier molecular flexibility index (Phi) is 6.35. The molecule has 0 amide bonds. The van der Waals surface area contributed by atoms with Gasteiger partial charge in [-0.3, -0.25) is 10.00 Å². The second kappa shape index (κ2) is 8.91. The van der Waals surface area contributed by atoms with Crippen LogP contribution in [0.3, 0.4) is 0 Å². The largest absolute Gasteiger partial charge is 0.399 e. The number of aromatic nitrogens is 2. The van der Waals surface area contributed by atoms with Crippen molar-refractivity contribution in [2.24, 2.45) is 0 Å². The fraction of sp³-hybridized carbons (Fsp3) is 0.409. The third-order valence-electron chi connectivity index (χ3n) is 5.07. The van der Waals surface area contributed by atoms with E-state index in [0.717, 1.165) is 41.8 Å². The number of likely N-dealkylation sites (tertiary alicyclic amines) is 1. The molecule has 4 rings (SSSR count). The summed E-state index contributed by atoms with van der Waals surface area (Å²) in [6, 6.07) is 13.3. The molecule has 5 nitrogen and oxygen atoms in total. The normalized spacial score (nSPS) is 17.4. The first-order valence-electron chi connectivity index (χ1n) is 9.94. The lowest BCUT2D eigenvalue weighted by atomic mass is 10.0. The molecule has 0 saturated carbocycles. The molecule has 2 heterocycles. The SMILES string of the molecule is CC.Cc1ccc(CN2CCC[C@H](Nc3ccc4[nH]ncc4c3)C2)cc1N. The first-order chi connectivity index (χ1) is 13.2. The highest BCUT2D eigenvalue weighted by Gasteiger charge is 2.20. The first-order valence-corrected chi connectivity index (χ1v) is 9.94.